The highest BCUT2D eigenvalue weighted by Gasteiger charge is 2.21. The number of para-hydroxylation sites is 1. The standard InChI is InChI=1S/C18H13N5O4/c1-22-15-8-3-2-7-13(15)16(21-22)17(24)14(10-19)18(25)20-11-5-4-6-12(9-11)23(26)27/h2-9,24H,1H3,(H,20,25). The molecule has 3 aromatic rings. The molecule has 9 nitrogen and oxygen atoms in total. The largest absolute Gasteiger partial charge is 0.504 e. The number of fused-ring (bicyclic) bond motifs is 1. The Hall–Kier alpha value is -4.19. The molecule has 1 amide bonds. The summed E-state index contributed by atoms with van der Waals surface area (Å²) in [5, 5.41) is 37.8. The Morgan fingerprint density at radius 3 is 2.74 bits per heavy atom. The van der Waals surface area contributed by atoms with Crippen molar-refractivity contribution >= 4 is 33.9 Å². The van der Waals surface area contributed by atoms with Gasteiger partial charge in [-0.1, -0.05) is 24.3 Å². The number of anilines is 1. The van der Waals surface area contributed by atoms with Crippen molar-refractivity contribution in [2.75, 3.05) is 5.32 Å². The maximum absolute atomic E-state index is 12.4. The van der Waals surface area contributed by atoms with Gasteiger partial charge in [0.25, 0.3) is 11.6 Å². The maximum atomic E-state index is 12.4. The highest BCUT2D eigenvalue weighted by Crippen LogP contribution is 2.25. The van der Waals surface area contributed by atoms with E-state index in [-0.39, 0.29) is 17.1 Å². The molecule has 9 heteroatoms. The van der Waals surface area contributed by atoms with Crippen LogP contribution in [0.2, 0.25) is 0 Å². The van der Waals surface area contributed by atoms with Gasteiger partial charge >= 0.3 is 0 Å². The quantitative estimate of drug-likeness (QED) is 0.241. The molecule has 2 N–H and O–H groups in total. The van der Waals surface area contributed by atoms with Crippen LogP contribution in [0, 0.1) is 21.4 Å². The van der Waals surface area contributed by atoms with Gasteiger partial charge in [-0.2, -0.15) is 10.4 Å². The lowest BCUT2D eigenvalue weighted by molar-refractivity contribution is -0.384. The van der Waals surface area contributed by atoms with Crippen LogP contribution in [0.5, 0.6) is 0 Å². The van der Waals surface area contributed by atoms with Crippen LogP contribution < -0.4 is 5.32 Å². The third kappa shape index (κ3) is 3.32. The highest BCUT2D eigenvalue weighted by atomic mass is 16.6. The zero-order valence-electron chi connectivity index (χ0n) is 14.1. The van der Waals surface area contributed by atoms with E-state index in [9.17, 15) is 25.3 Å². The second-order valence-electron chi connectivity index (χ2n) is 5.59. The molecule has 0 bridgehead atoms. The molecule has 0 saturated carbocycles. The van der Waals surface area contributed by atoms with Crippen molar-refractivity contribution < 1.29 is 14.8 Å². The first-order valence-electron chi connectivity index (χ1n) is 7.73. The number of carbonyl (C=O) groups is 1. The molecule has 0 aliphatic rings. The molecular formula is C18H13N5O4. The number of aromatic nitrogens is 2. The summed E-state index contributed by atoms with van der Waals surface area (Å²) in [5.74, 6) is -1.47. The van der Waals surface area contributed by atoms with Crippen molar-refractivity contribution in [3.05, 3.63) is 69.9 Å². The van der Waals surface area contributed by atoms with Gasteiger partial charge in [0.05, 0.1) is 10.4 Å². The van der Waals surface area contributed by atoms with Crippen LogP contribution in [-0.2, 0) is 11.8 Å². The number of rotatable bonds is 4. The fraction of sp³-hybridized carbons (Fsp3) is 0.0556. The second-order valence-corrected chi connectivity index (χ2v) is 5.59. The first-order valence-corrected chi connectivity index (χ1v) is 7.73. The van der Waals surface area contributed by atoms with Gasteiger partial charge in [0.1, 0.15) is 11.8 Å². The number of amides is 1. The molecule has 0 radical (unpaired) electrons. The van der Waals surface area contributed by atoms with Gasteiger partial charge in [0, 0.05) is 30.3 Å². The van der Waals surface area contributed by atoms with Crippen molar-refractivity contribution in [3.63, 3.8) is 0 Å². The molecule has 0 aliphatic heterocycles. The smallest absolute Gasteiger partial charge is 0.271 e. The molecule has 2 aromatic carbocycles. The SMILES string of the molecule is Cn1nc(C(O)=C(C#N)C(=O)Nc2cccc([N+](=O)[O-])c2)c2ccccc21. The number of nitriles is 1. The molecule has 1 heterocycles. The van der Waals surface area contributed by atoms with Crippen molar-refractivity contribution in [2.24, 2.45) is 7.05 Å². The van der Waals surface area contributed by atoms with E-state index in [0.717, 1.165) is 11.6 Å². The molecular weight excluding hydrogens is 350 g/mol. The average Bonchev–Trinajstić information content (AvgIpc) is 2.99. The minimum atomic E-state index is -0.898. The molecule has 0 atom stereocenters. The van der Waals surface area contributed by atoms with Gasteiger partial charge in [-0.05, 0) is 12.1 Å². The number of hydrogen-bond acceptors (Lipinski definition) is 6. The number of nitrogens with zero attached hydrogens (tertiary/aromatic N) is 4. The summed E-state index contributed by atoms with van der Waals surface area (Å²) < 4.78 is 1.52. The molecule has 27 heavy (non-hydrogen) atoms. The summed E-state index contributed by atoms with van der Waals surface area (Å²) in [7, 11) is 1.67. The van der Waals surface area contributed by atoms with Gasteiger partial charge in [-0.15, -0.1) is 0 Å². The molecule has 1 aromatic heterocycles. The Labute approximate surface area is 152 Å². The van der Waals surface area contributed by atoms with E-state index in [1.165, 1.54) is 22.9 Å². The number of benzene rings is 2. The number of nitro groups is 1. The maximum Gasteiger partial charge on any atom is 0.271 e. The Balaban J connectivity index is 2.00. The van der Waals surface area contributed by atoms with E-state index in [1.54, 1.807) is 37.4 Å². The molecule has 0 saturated heterocycles. The normalized spacial score (nSPS) is 11.6. The lowest BCUT2D eigenvalue weighted by Gasteiger charge is -2.05. The number of hydrogen-bond donors (Lipinski definition) is 2. The van der Waals surface area contributed by atoms with Crippen molar-refractivity contribution in [1.82, 2.24) is 9.78 Å². The fourth-order valence-electron chi connectivity index (χ4n) is 2.61. The minimum absolute atomic E-state index is 0.0962. The van der Waals surface area contributed by atoms with Gasteiger partial charge in [-0.3, -0.25) is 19.6 Å². The lowest BCUT2D eigenvalue weighted by Crippen LogP contribution is -2.15. The van der Waals surface area contributed by atoms with E-state index in [1.807, 2.05) is 0 Å². The molecule has 0 aliphatic carbocycles. The third-order valence-corrected chi connectivity index (χ3v) is 3.87. The van der Waals surface area contributed by atoms with E-state index in [0.29, 0.717) is 5.39 Å². The molecule has 0 spiro atoms. The zero-order chi connectivity index (χ0) is 19.6. The van der Waals surface area contributed by atoms with Gasteiger partial charge in [0.2, 0.25) is 0 Å². The summed E-state index contributed by atoms with van der Waals surface area (Å²) in [6, 6.07) is 14.0. The first-order chi connectivity index (χ1) is 12.9. The number of nitro benzene ring substituents is 1. The van der Waals surface area contributed by atoms with Crippen molar-refractivity contribution in [2.45, 2.75) is 0 Å². The zero-order valence-corrected chi connectivity index (χ0v) is 14.1. The van der Waals surface area contributed by atoms with Crippen molar-refractivity contribution in [1.29, 1.82) is 5.26 Å². The fourth-order valence-corrected chi connectivity index (χ4v) is 2.61. The lowest BCUT2D eigenvalue weighted by atomic mass is 10.1. The molecule has 134 valence electrons. The van der Waals surface area contributed by atoms with Gasteiger partial charge < -0.3 is 10.4 Å². The number of aryl methyl sites for hydroxylation is 1. The van der Waals surface area contributed by atoms with E-state index in [4.69, 9.17) is 0 Å². The highest BCUT2D eigenvalue weighted by molar-refractivity contribution is 6.12. The topological polar surface area (TPSA) is 134 Å². The van der Waals surface area contributed by atoms with Crippen LogP contribution in [0.4, 0.5) is 11.4 Å². The Morgan fingerprint density at radius 1 is 1.30 bits per heavy atom. The first kappa shape index (κ1) is 17.6. The molecule has 0 fully saturated rings. The second kappa shape index (κ2) is 6.97. The summed E-state index contributed by atoms with van der Waals surface area (Å²) >= 11 is 0. The summed E-state index contributed by atoms with van der Waals surface area (Å²) in [6.45, 7) is 0. The number of carbonyl (C=O) groups excluding carboxylic acids is 1. The average molecular weight is 363 g/mol. The summed E-state index contributed by atoms with van der Waals surface area (Å²) in [4.78, 5) is 22.7. The van der Waals surface area contributed by atoms with Crippen LogP contribution >= 0.6 is 0 Å². The van der Waals surface area contributed by atoms with Crippen LogP contribution in [0.3, 0.4) is 0 Å². The third-order valence-electron chi connectivity index (χ3n) is 3.87. The molecule has 3 rings (SSSR count). The Bertz CT molecular complexity index is 1140. The Morgan fingerprint density at radius 2 is 2.04 bits per heavy atom. The number of aliphatic hydroxyl groups excluding tert-OH is 1. The van der Waals surface area contributed by atoms with E-state index in [2.05, 4.69) is 10.4 Å². The minimum Gasteiger partial charge on any atom is -0.504 e. The number of aliphatic hydroxyl groups is 1. The van der Waals surface area contributed by atoms with Crippen LogP contribution in [-0.4, -0.2) is 25.7 Å². The summed E-state index contributed by atoms with van der Waals surface area (Å²) in [6.07, 6.45) is 0. The Kier molecular flexibility index (Phi) is 4.55. The monoisotopic (exact) mass is 363 g/mol. The van der Waals surface area contributed by atoms with Crippen molar-refractivity contribution in [3.8, 4) is 6.07 Å². The predicted molar refractivity (Wildman–Crippen MR) is 97.6 cm³/mol. The van der Waals surface area contributed by atoms with E-state index < -0.39 is 22.2 Å². The number of nitrogens with one attached hydrogen (secondary N) is 1. The number of non-ortho nitro benzene ring substituents is 1. The van der Waals surface area contributed by atoms with Gasteiger partial charge in [0.15, 0.2) is 11.3 Å². The molecule has 0 unspecified atom stereocenters. The van der Waals surface area contributed by atoms with Crippen LogP contribution in [0.25, 0.3) is 16.7 Å². The van der Waals surface area contributed by atoms with Crippen LogP contribution in [0.1, 0.15) is 5.69 Å². The van der Waals surface area contributed by atoms with E-state index >= 15 is 0 Å². The van der Waals surface area contributed by atoms with Crippen LogP contribution in [0.15, 0.2) is 54.1 Å². The van der Waals surface area contributed by atoms with Gasteiger partial charge in [-0.25, -0.2) is 0 Å². The predicted octanol–water partition coefficient (Wildman–Crippen LogP) is 2.91. The summed E-state index contributed by atoms with van der Waals surface area (Å²) in [5.41, 5.74) is 0.176.